The molecule has 116 valence electrons. The van der Waals surface area contributed by atoms with Gasteiger partial charge in [-0.15, -0.1) is 11.3 Å². The fraction of sp³-hybridized carbons (Fsp3) is 0.789. The van der Waals surface area contributed by atoms with Crippen LogP contribution in [0.4, 0.5) is 0 Å². The molecule has 0 spiro atoms. The van der Waals surface area contributed by atoms with E-state index < -0.39 is 0 Å². The summed E-state index contributed by atoms with van der Waals surface area (Å²) in [6.45, 7) is 7.96. The minimum Gasteiger partial charge on any atom is -0.309 e. The van der Waals surface area contributed by atoms with E-state index in [4.69, 9.17) is 0 Å². The van der Waals surface area contributed by atoms with Gasteiger partial charge in [-0.3, -0.25) is 0 Å². The molecule has 0 amide bonds. The third-order valence-corrected chi connectivity index (χ3v) is 7.71. The molecule has 4 fully saturated rings. The molecule has 1 atom stereocenters. The average molecular weight is 304 g/mol. The van der Waals surface area contributed by atoms with Gasteiger partial charge in [-0.05, 0) is 93.7 Å². The van der Waals surface area contributed by atoms with Crippen LogP contribution in [0.25, 0.3) is 0 Å². The number of hydrogen-bond acceptors (Lipinski definition) is 2. The summed E-state index contributed by atoms with van der Waals surface area (Å²) in [5.74, 6) is 5.09. The minimum absolute atomic E-state index is 0.628. The van der Waals surface area contributed by atoms with Crippen LogP contribution in [0, 0.1) is 43.4 Å². The third-order valence-electron chi connectivity index (χ3n) is 6.47. The molecule has 1 nitrogen and oxygen atoms in total. The standard InChI is InChI=1S/C19H29NS/c1-4-20-18(19-11(2)5-12(3)21-19)17-15-7-13-6-14(9-15)10-16(17)8-13/h5,13-18,20H,4,6-10H2,1-3H3. The van der Waals surface area contributed by atoms with Crippen LogP contribution in [0.1, 0.15) is 60.4 Å². The molecule has 0 saturated heterocycles. The molecule has 0 aromatic carbocycles. The van der Waals surface area contributed by atoms with Crippen LogP contribution in [0.15, 0.2) is 6.07 Å². The van der Waals surface area contributed by atoms with Gasteiger partial charge in [-0.1, -0.05) is 6.92 Å². The van der Waals surface area contributed by atoms with Gasteiger partial charge in [0.25, 0.3) is 0 Å². The van der Waals surface area contributed by atoms with Crippen molar-refractivity contribution in [3.8, 4) is 0 Å². The Hall–Kier alpha value is -0.340. The van der Waals surface area contributed by atoms with Crippen molar-refractivity contribution in [1.29, 1.82) is 0 Å². The zero-order chi connectivity index (χ0) is 14.6. The normalized spacial score (nSPS) is 38.9. The lowest BCUT2D eigenvalue weighted by Crippen LogP contribution is -2.49. The summed E-state index contributed by atoms with van der Waals surface area (Å²) in [6, 6.07) is 3.02. The van der Waals surface area contributed by atoms with Crippen molar-refractivity contribution in [3.63, 3.8) is 0 Å². The van der Waals surface area contributed by atoms with Gasteiger partial charge in [-0.2, -0.15) is 0 Å². The van der Waals surface area contributed by atoms with E-state index in [1.165, 1.54) is 36.1 Å². The number of hydrogen-bond donors (Lipinski definition) is 1. The summed E-state index contributed by atoms with van der Waals surface area (Å²) in [6.07, 6.45) is 7.68. The van der Waals surface area contributed by atoms with Crippen LogP contribution in [0.3, 0.4) is 0 Å². The predicted molar refractivity (Wildman–Crippen MR) is 90.7 cm³/mol. The maximum Gasteiger partial charge on any atom is 0.0451 e. The van der Waals surface area contributed by atoms with Crippen molar-refractivity contribution >= 4 is 11.3 Å². The fourth-order valence-corrected chi connectivity index (χ4v) is 7.27. The Kier molecular flexibility index (Phi) is 3.66. The molecule has 5 rings (SSSR count). The van der Waals surface area contributed by atoms with Crippen LogP contribution >= 0.6 is 11.3 Å². The third kappa shape index (κ3) is 2.39. The van der Waals surface area contributed by atoms with Crippen LogP contribution in [-0.4, -0.2) is 6.54 Å². The predicted octanol–water partition coefficient (Wildman–Crippen LogP) is 5.09. The van der Waals surface area contributed by atoms with E-state index in [0.29, 0.717) is 6.04 Å². The Labute approximate surface area is 133 Å². The molecule has 4 aliphatic rings. The molecule has 0 radical (unpaired) electrons. The molecule has 0 aliphatic heterocycles. The lowest BCUT2D eigenvalue weighted by Gasteiger charge is -2.56. The van der Waals surface area contributed by atoms with E-state index in [9.17, 15) is 0 Å². The maximum absolute atomic E-state index is 3.89. The maximum atomic E-state index is 3.89. The number of rotatable bonds is 4. The molecule has 4 saturated carbocycles. The van der Waals surface area contributed by atoms with E-state index in [1.54, 1.807) is 11.3 Å². The topological polar surface area (TPSA) is 12.0 Å². The molecule has 1 unspecified atom stereocenters. The summed E-state index contributed by atoms with van der Waals surface area (Å²) in [7, 11) is 0. The van der Waals surface area contributed by atoms with Gasteiger partial charge >= 0.3 is 0 Å². The average Bonchev–Trinajstić information content (AvgIpc) is 2.75. The summed E-state index contributed by atoms with van der Waals surface area (Å²) in [5, 5.41) is 3.89. The minimum atomic E-state index is 0.628. The van der Waals surface area contributed by atoms with Gasteiger partial charge < -0.3 is 5.32 Å². The van der Waals surface area contributed by atoms with Gasteiger partial charge in [0.15, 0.2) is 0 Å². The number of thiophene rings is 1. The summed E-state index contributed by atoms with van der Waals surface area (Å²) < 4.78 is 0. The highest BCUT2D eigenvalue weighted by Crippen LogP contribution is 2.59. The second-order valence-corrected chi connectivity index (χ2v) is 9.24. The highest BCUT2D eigenvalue weighted by Gasteiger charge is 2.50. The molecule has 1 aromatic rings. The molecular formula is C19H29NS. The van der Waals surface area contributed by atoms with Gasteiger partial charge in [-0.25, -0.2) is 0 Å². The molecule has 1 heterocycles. The Morgan fingerprint density at radius 3 is 2.19 bits per heavy atom. The first kappa shape index (κ1) is 14.3. The first-order chi connectivity index (χ1) is 10.2. The molecule has 1 aromatic heterocycles. The quantitative estimate of drug-likeness (QED) is 0.817. The van der Waals surface area contributed by atoms with Crippen LogP contribution in [-0.2, 0) is 0 Å². The van der Waals surface area contributed by atoms with Crippen molar-refractivity contribution < 1.29 is 0 Å². The van der Waals surface area contributed by atoms with Crippen molar-refractivity contribution in [2.75, 3.05) is 6.54 Å². The highest BCUT2D eigenvalue weighted by molar-refractivity contribution is 7.12. The summed E-state index contributed by atoms with van der Waals surface area (Å²) in [4.78, 5) is 3.13. The van der Waals surface area contributed by atoms with E-state index in [1.807, 2.05) is 11.3 Å². The second-order valence-electron chi connectivity index (χ2n) is 7.95. The van der Waals surface area contributed by atoms with E-state index >= 15 is 0 Å². The van der Waals surface area contributed by atoms with Gasteiger partial charge in [0.05, 0.1) is 0 Å². The fourth-order valence-electron chi connectivity index (χ4n) is 6.10. The van der Waals surface area contributed by atoms with Gasteiger partial charge in [0, 0.05) is 15.8 Å². The Balaban J connectivity index is 1.66. The molecular weight excluding hydrogens is 274 g/mol. The van der Waals surface area contributed by atoms with Crippen molar-refractivity contribution in [2.24, 2.45) is 29.6 Å². The number of nitrogens with one attached hydrogen (secondary N) is 1. The van der Waals surface area contributed by atoms with Crippen molar-refractivity contribution in [3.05, 3.63) is 21.4 Å². The lowest BCUT2D eigenvalue weighted by molar-refractivity contribution is -0.0518. The van der Waals surface area contributed by atoms with Crippen molar-refractivity contribution in [1.82, 2.24) is 5.32 Å². The van der Waals surface area contributed by atoms with E-state index in [0.717, 1.165) is 36.1 Å². The lowest BCUT2D eigenvalue weighted by atomic mass is 9.50. The van der Waals surface area contributed by atoms with Crippen LogP contribution in [0.5, 0.6) is 0 Å². The van der Waals surface area contributed by atoms with Crippen LogP contribution < -0.4 is 5.32 Å². The van der Waals surface area contributed by atoms with Gasteiger partial charge in [0.2, 0.25) is 0 Å². The highest BCUT2D eigenvalue weighted by atomic mass is 32.1. The zero-order valence-corrected chi connectivity index (χ0v) is 14.5. The van der Waals surface area contributed by atoms with Gasteiger partial charge in [0.1, 0.15) is 0 Å². The summed E-state index contributed by atoms with van der Waals surface area (Å²) in [5.41, 5.74) is 1.53. The van der Waals surface area contributed by atoms with E-state index in [-0.39, 0.29) is 0 Å². The number of aryl methyl sites for hydroxylation is 2. The van der Waals surface area contributed by atoms with Crippen LogP contribution in [0.2, 0.25) is 0 Å². The molecule has 4 bridgehead atoms. The Morgan fingerprint density at radius 1 is 1.10 bits per heavy atom. The molecule has 21 heavy (non-hydrogen) atoms. The Bertz CT molecular complexity index is 490. The first-order valence-corrected chi connectivity index (χ1v) is 9.77. The first-order valence-electron chi connectivity index (χ1n) is 8.96. The second kappa shape index (κ2) is 5.38. The molecule has 2 heteroatoms. The summed E-state index contributed by atoms with van der Waals surface area (Å²) >= 11 is 2.04. The molecule has 1 N–H and O–H groups in total. The SMILES string of the molecule is CCNC(c1sc(C)cc1C)C1C2CC3CC(C2)CC1C3. The van der Waals surface area contributed by atoms with E-state index in [2.05, 4.69) is 32.2 Å². The molecule has 4 aliphatic carbocycles. The largest absolute Gasteiger partial charge is 0.309 e. The Morgan fingerprint density at radius 2 is 1.71 bits per heavy atom. The zero-order valence-electron chi connectivity index (χ0n) is 13.7. The monoisotopic (exact) mass is 303 g/mol. The van der Waals surface area contributed by atoms with Crippen molar-refractivity contribution in [2.45, 2.75) is 58.9 Å². The smallest absolute Gasteiger partial charge is 0.0451 e.